The van der Waals surface area contributed by atoms with Gasteiger partial charge in [-0.25, -0.2) is 9.07 Å². The first-order valence-electron chi connectivity index (χ1n) is 8.26. The molecular weight excluding hydrogens is 319 g/mol. The van der Waals surface area contributed by atoms with Crippen LogP contribution in [0.4, 0.5) is 4.39 Å². The van der Waals surface area contributed by atoms with Crippen LogP contribution in [0.15, 0.2) is 55.0 Å². The third-order valence-electron chi connectivity index (χ3n) is 4.50. The summed E-state index contributed by atoms with van der Waals surface area (Å²) in [4.78, 5) is 16.4. The van der Waals surface area contributed by atoms with Gasteiger partial charge in [0.25, 0.3) is 5.91 Å². The lowest BCUT2D eigenvalue weighted by molar-refractivity contribution is 0.0932. The van der Waals surface area contributed by atoms with Gasteiger partial charge in [0.15, 0.2) is 0 Å². The van der Waals surface area contributed by atoms with Crippen LogP contribution in [0.5, 0.6) is 0 Å². The average Bonchev–Trinajstić information content (AvgIpc) is 3.08. The Morgan fingerprint density at radius 2 is 1.92 bits per heavy atom. The Bertz CT molecular complexity index is 890. The second-order valence-electron chi connectivity index (χ2n) is 6.09. The zero-order valence-electron chi connectivity index (χ0n) is 13.5. The number of amides is 1. The van der Waals surface area contributed by atoms with Crippen LogP contribution in [0, 0.1) is 5.82 Å². The molecule has 3 aromatic rings. The van der Waals surface area contributed by atoms with Crippen LogP contribution in [-0.4, -0.2) is 20.7 Å². The number of nitrogens with one attached hydrogen (secondary N) is 1. The van der Waals surface area contributed by atoms with Crippen LogP contribution in [0.2, 0.25) is 0 Å². The van der Waals surface area contributed by atoms with Gasteiger partial charge in [0.2, 0.25) is 0 Å². The molecule has 126 valence electrons. The molecule has 25 heavy (non-hydrogen) atoms. The molecule has 1 amide bonds. The molecule has 1 N–H and O–H groups in total. The average molecular weight is 336 g/mol. The first-order valence-corrected chi connectivity index (χ1v) is 8.26. The molecule has 0 unspecified atom stereocenters. The van der Waals surface area contributed by atoms with Crippen molar-refractivity contribution in [2.45, 2.75) is 25.3 Å². The quantitative estimate of drug-likeness (QED) is 0.799. The summed E-state index contributed by atoms with van der Waals surface area (Å²) in [6.07, 6.45) is 7.73. The summed E-state index contributed by atoms with van der Waals surface area (Å²) >= 11 is 0. The molecule has 1 aromatic carbocycles. The minimum Gasteiger partial charge on any atom is -0.345 e. The highest BCUT2D eigenvalue weighted by Gasteiger charge is 2.26. The predicted octanol–water partition coefficient (Wildman–Crippen LogP) is 3.21. The summed E-state index contributed by atoms with van der Waals surface area (Å²) in [5.74, 6) is -0.387. The number of fused-ring (bicyclic) bond motifs is 1. The Balaban J connectivity index is 1.61. The smallest absolute Gasteiger partial charge is 0.251 e. The number of halogens is 1. The van der Waals surface area contributed by atoms with Crippen molar-refractivity contribution in [2.75, 3.05) is 0 Å². The van der Waals surface area contributed by atoms with Crippen molar-refractivity contribution < 1.29 is 9.18 Å². The predicted molar refractivity (Wildman–Crippen MR) is 90.9 cm³/mol. The zero-order valence-corrected chi connectivity index (χ0v) is 13.5. The third-order valence-corrected chi connectivity index (χ3v) is 4.50. The van der Waals surface area contributed by atoms with Gasteiger partial charge < -0.3 is 5.32 Å². The van der Waals surface area contributed by atoms with Gasteiger partial charge in [-0.05, 0) is 55.7 Å². The minimum absolute atomic E-state index is 0.0707. The monoisotopic (exact) mass is 336 g/mol. The summed E-state index contributed by atoms with van der Waals surface area (Å²) in [5, 5.41) is 7.55. The fraction of sp³-hybridized carbons (Fsp3) is 0.211. The SMILES string of the molecule is O=C(N[C@H]1CCCc2c1cnn2-c1ccc(F)cc1)c1ccncc1. The topological polar surface area (TPSA) is 59.8 Å². The van der Waals surface area contributed by atoms with E-state index < -0.39 is 0 Å². The van der Waals surface area contributed by atoms with Crippen LogP contribution in [0.3, 0.4) is 0 Å². The summed E-state index contributed by atoms with van der Waals surface area (Å²) in [5.41, 5.74) is 3.51. The van der Waals surface area contributed by atoms with Gasteiger partial charge in [-0.3, -0.25) is 9.78 Å². The number of nitrogens with zero attached hydrogens (tertiary/aromatic N) is 3. The van der Waals surface area contributed by atoms with Gasteiger partial charge in [0.1, 0.15) is 5.82 Å². The Morgan fingerprint density at radius 3 is 2.68 bits per heavy atom. The highest BCUT2D eigenvalue weighted by molar-refractivity contribution is 5.94. The maximum atomic E-state index is 13.2. The van der Waals surface area contributed by atoms with Crippen molar-refractivity contribution >= 4 is 5.91 Å². The fourth-order valence-corrected chi connectivity index (χ4v) is 3.26. The molecule has 0 bridgehead atoms. The Labute approximate surface area is 144 Å². The van der Waals surface area contributed by atoms with E-state index in [1.807, 2.05) is 4.68 Å². The van der Waals surface area contributed by atoms with Gasteiger partial charge in [-0.1, -0.05) is 0 Å². The maximum absolute atomic E-state index is 13.2. The molecule has 1 atom stereocenters. The molecule has 1 aliphatic rings. The van der Waals surface area contributed by atoms with Crippen molar-refractivity contribution in [1.29, 1.82) is 0 Å². The molecule has 1 aliphatic carbocycles. The molecule has 2 heterocycles. The van der Waals surface area contributed by atoms with Gasteiger partial charge in [0.05, 0.1) is 17.9 Å². The van der Waals surface area contributed by atoms with E-state index in [2.05, 4.69) is 15.4 Å². The van der Waals surface area contributed by atoms with E-state index in [1.54, 1.807) is 42.9 Å². The fourth-order valence-electron chi connectivity index (χ4n) is 3.26. The highest BCUT2D eigenvalue weighted by atomic mass is 19.1. The van der Waals surface area contributed by atoms with Crippen LogP contribution in [0.25, 0.3) is 5.69 Å². The summed E-state index contributed by atoms with van der Waals surface area (Å²) in [6.45, 7) is 0. The van der Waals surface area contributed by atoms with E-state index in [1.165, 1.54) is 12.1 Å². The lowest BCUT2D eigenvalue weighted by Gasteiger charge is -2.24. The van der Waals surface area contributed by atoms with E-state index in [4.69, 9.17) is 0 Å². The van der Waals surface area contributed by atoms with Gasteiger partial charge in [-0.2, -0.15) is 5.10 Å². The summed E-state index contributed by atoms with van der Waals surface area (Å²) in [7, 11) is 0. The van der Waals surface area contributed by atoms with Crippen molar-refractivity contribution in [2.24, 2.45) is 0 Å². The lowest BCUT2D eigenvalue weighted by atomic mass is 9.92. The van der Waals surface area contributed by atoms with E-state index in [0.717, 1.165) is 36.2 Å². The van der Waals surface area contributed by atoms with Crippen LogP contribution < -0.4 is 5.32 Å². The number of carbonyl (C=O) groups excluding carboxylic acids is 1. The van der Waals surface area contributed by atoms with E-state index in [0.29, 0.717) is 5.56 Å². The Kier molecular flexibility index (Phi) is 4.01. The van der Waals surface area contributed by atoms with Crippen molar-refractivity contribution in [3.8, 4) is 5.69 Å². The maximum Gasteiger partial charge on any atom is 0.251 e. The third kappa shape index (κ3) is 3.03. The number of rotatable bonds is 3. The molecule has 0 radical (unpaired) electrons. The van der Waals surface area contributed by atoms with Crippen molar-refractivity contribution in [1.82, 2.24) is 20.1 Å². The molecular formula is C19H17FN4O. The number of aromatic nitrogens is 3. The van der Waals surface area contributed by atoms with Gasteiger partial charge >= 0.3 is 0 Å². The summed E-state index contributed by atoms with van der Waals surface area (Å²) < 4.78 is 15.0. The number of hydrogen-bond acceptors (Lipinski definition) is 3. The molecule has 0 aliphatic heterocycles. The number of hydrogen-bond donors (Lipinski definition) is 1. The molecule has 0 saturated carbocycles. The van der Waals surface area contributed by atoms with Crippen molar-refractivity contribution in [3.63, 3.8) is 0 Å². The Hall–Kier alpha value is -3.02. The van der Waals surface area contributed by atoms with Crippen LogP contribution in [-0.2, 0) is 6.42 Å². The number of carbonyl (C=O) groups is 1. The van der Waals surface area contributed by atoms with Crippen LogP contribution in [0.1, 0.15) is 40.5 Å². The zero-order chi connectivity index (χ0) is 17.2. The second kappa shape index (κ2) is 6.47. The minimum atomic E-state index is -0.271. The molecule has 0 fully saturated rings. The summed E-state index contributed by atoms with van der Waals surface area (Å²) in [6, 6.07) is 9.59. The normalized spacial score (nSPS) is 16.3. The van der Waals surface area contributed by atoms with E-state index in [9.17, 15) is 9.18 Å². The van der Waals surface area contributed by atoms with Gasteiger partial charge in [-0.15, -0.1) is 0 Å². The highest BCUT2D eigenvalue weighted by Crippen LogP contribution is 2.31. The Morgan fingerprint density at radius 1 is 1.16 bits per heavy atom. The number of pyridine rings is 1. The second-order valence-corrected chi connectivity index (χ2v) is 6.09. The molecule has 0 spiro atoms. The van der Waals surface area contributed by atoms with E-state index in [-0.39, 0.29) is 17.8 Å². The molecule has 6 heteroatoms. The standard InChI is InChI=1S/C19H17FN4O/c20-14-4-6-15(7-5-14)24-18-3-1-2-17(16(18)12-22-24)23-19(25)13-8-10-21-11-9-13/h4-12,17H,1-3H2,(H,23,25)/t17-/m0/s1. The van der Waals surface area contributed by atoms with Gasteiger partial charge in [0, 0.05) is 29.2 Å². The molecule has 5 nitrogen and oxygen atoms in total. The first kappa shape index (κ1) is 15.5. The molecule has 2 aromatic heterocycles. The van der Waals surface area contributed by atoms with Crippen LogP contribution >= 0.6 is 0 Å². The largest absolute Gasteiger partial charge is 0.345 e. The van der Waals surface area contributed by atoms with E-state index >= 15 is 0 Å². The molecule has 4 rings (SSSR count). The van der Waals surface area contributed by atoms with Crippen molar-refractivity contribution in [3.05, 3.63) is 77.6 Å². The first-order chi connectivity index (χ1) is 12.2. The molecule has 0 saturated heterocycles. The lowest BCUT2D eigenvalue weighted by Crippen LogP contribution is -2.31. The number of benzene rings is 1.